The Labute approximate surface area is 126 Å². The summed E-state index contributed by atoms with van der Waals surface area (Å²) in [6.07, 6.45) is 4.81. The Morgan fingerprint density at radius 3 is 2.67 bits per heavy atom. The zero-order valence-electron chi connectivity index (χ0n) is 13.2. The molecule has 21 heavy (non-hydrogen) atoms. The highest BCUT2D eigenvalue weighted by Crippen LogP contribution is 2.48. The summed E-state index contributed by atoms with van der Waals surface area (Å²) < 4.78 is 0. The molecule has 116 valence electrons. The van der Waals surface area contributed by atoms with E-state index in [1.54, 1.807) is 6.07 Å². The number of nitrogens with one attached hydrogen (secondary N) is 2. The SMILES string of the molecule is CCCC1(CNC(=O)c2cc(NN)nc(C(C)C)c2)CC1. The Balaban J connectivity index is 2.06. The molecule has 5 nitrogen and oxygen atoms in total. The largest absolute Gasteiger partial charge is 0.351 e. The lowest BCUT2D eigenvalue weighted by Crippen LogP contribution is -2.30. The molecule has 0 aromatic carbocycles. The van der Waals surface area contributed by atoms with Crippen LogP contribution in [0.5, 0.6) is 0 Å². The monoisotopic (exact) mass is 290 g/mol. The van der Waals surface area contributed by atoms with Crippen LogP contribution < -0.4 is 16.6 Å². The van der Waals surface area contributed by atoms with E-state index >= 15 is 0 Å². The number of anilines is 1. The van der Waals surface area contributed by atoms with Gasteiger partial charge in [-0.2, -0.15) is 0 Å². The summed E-state index contributed by atoms with van der Waals surface area (Å²) in [6.45, 7) is 7.05. The Bertz CT molecular complexity index is 509. The average Bonchev–Trinajstić information content (AvgIpc) is 3.24. The summed E-state index contributed by atoms with van der Waals surface area (Å²) in [5, 5.41) is 3.07. The van der Waals surface area contributed by atoms with Crippen molar-refractivity contribution < 1.29 is 4.79 Å². The first kappa shape index (κ1) is 15.8. The summed E-state index contributed by atoms with van der Waals surface area (Å²) in [5.74, 6) is 6.17. The van der Waals surface area contributed by atoms with Crippen LogP contribution in [0.3, 0.4) is 0 Å². The van der Waals surface area contributed by atoms with Gasteiger partial charge in [0.25, 0.3) is 5.91 Å². The molecule has 1 aliphatic carbocycles. The van der Waals surface area contributed by atoms with Crippen molar-refractivity contribution in [1.29, 1.82) is 0 Å². The van der Waals surface area contributed by atoms with E-state index in [2.05, 4.69) is 22.7 Å². The number of nitrogen functional groups attached to an aromatic ring is 1. The predicted molar refractivity (Wildman–Crippen MR) is 85.0 cm³/mol. The molecule has 0 aliphatic heterocycles. The normalized spacial score (nSPS) is 15.9. The van der Waals surface area contributed by atoms with Gasteiger partial charge in [0, 0.05) is 17.8 Å². The molecule has 1 fully saturated rings. The highest BCUT2D eigenvalue weighted by molar-refractivity contribution is 5.95. The van der Waals surface area contributed by atoms with Crippen LogP contribution in [-0.2, 0) is 0 Å². The Morgan fingerprint density at radius 1 is 1.43 bits per heavy atom. The molecule has 0 bridgehead atoms. The summed E-state index contributed by atoms with van der Waals surface area (Å²) in [4.78, 5) is 16.7. The van der Waals surface area contributed by atoms with E-state index in [0.29, 0.717) is 16.8 Å². The molecule has 5 heteroatoms. The minimum Gasteiger partial charge on any atom is -0.351 e. The van der Waals surface area contributed by atoms with Crippen LogP contribution in [0.4, 0.5) is 5.82 Å². The number of carbonyl (C=O) groups excluding carboxylic acids is 1. The fourth-order valence-corrected chi connectivity index (χ4v) is 2.64. The molecule has 1 aromatic rings. The fourth-order valence-electron chi connectivity index (χ4n) is 2.64. The smallest absolute Gasteiger partial charge is 0.251 e. The van der Waals surface area contributed by atoms with Gasteiger partial charge in [-0.3, -0.25) is 4.79 Å². The van der Waals surface area contributed by atoms with Gasteiger partial charge < -0.3 is 10.7 Å². The number of nitrogens with two attached hydrogens (primary N) is 1. The predicted octanol–water partition coefficient (Wildman–Crippen LogP) is 2.80. The van der Waals surface area contributed by atoms with E-state index in [1.165, 1.54) is 25.7 Å². The van der Waals surface area contributed by atoms with Gasteiger partial charge in [-0.1, -0.05) is 27.2 Å². The zero-order valence-corrected chi connectivity index (χ0v) is 13.2. The number of nitrogens with zero attached hydrogens (tertiary/aromatic N) is 1. The number of amides is 1. The first-order chi connectivity index (χ1) is 9.99. The number of pyridine rings is 1. The van der Waals surface area contributed by atoms with E-state index in [9.17, 15) is 4.79 Å². The van der Waals surface area contributed by atoms with Gasteiger partial charge >= 0.3 is 0 Å². The first-order valence-corrected chi connectivity index (χ1v) is 7.76. The lowest BCUT2D eigenvalue weighted by molar-refractivity contribution is 0.0943. The Morgan fingerprint density at radius 2 is 2.14 bits per heavy atom. The minimum atomic E-state index is -0.0434. The van der Waals surface area contributed by atoms with Crippen LogP contribution >= 0.6 is 0 Å². The average molecular weight is 290 g/mol. The van der Waals surface area contributed by atoms with E-state index in [0.717, 1.165) is 12.2 Å². The summed E-state index contributed by atoms with van der Waals surface area (Å²) >= 11 is 0. The Kier molecular flexibility index (Phi) is 4.83. The highest BCUT2D eigenvalue weighted by atomic mass is 16.1. The number of rotatable bonds is 7. The van der Waals surface area contributed by atoms with Crippen molar-refractivity contribution in [3.8, 4) is 0 Å². The molecule has 1 aromatic heterocycles. The van der Waals surface area contributed by atoms with Crippen molar-refractivity contribution in [1.82, 2.24) is 10.3 Å². The zero-order chi connectivity index (χ0) is 15.5. The van der Waals surface area contributed by atoms with Crippen molar-refractivity contribution >= 4 is 11.7 Å². The van der Waals surface area contributed by atoms with Crippen LogP contribution in [-0.4, -0.2) is 17.4 Å². The quantitative estimate of drug-likeness (QED) is 0.533. The van der Waals surface area contributed by atoms with Crippen LogP contribution in [0, 0.1) is 5.41 Å². The maximum absolute atomic E-state index is 12.4. The molecule has 1 aliphatic rings. The van der Waals surface area contributed by atoms with Gasteiger partial charge in [-0.25, -0.2) is 10.8 Å². The topological polar surface area (TPSA) is 80.0 Å². The van der Waals surface area contributed by atoms with Crippen molar-refractivity contribution in [2.75, 3.05) is 12.0 Å². The molecule has 4 N–H and O–H groups in total. The molecule has 0 atom stereocenters. The van der Waals surface area contributed by atoms with E-state index in [1.807, 2.05) is 19.9 Å². The van der Waals surface area contributed by atoms with Gasteiger partial charge in [-0.15, -0.1) is 0 Å². The summed E-state index contributed by atoms with van der Waals surface area (Å²) in [6, 6.07) is 3.54. The van der Waals surface area contributed by atoms with Crippen molar-refractivity contribution in [2.24, 2.45) is 11.3 Å². The molecule has 0 radical (unpaired) electrons. The Hall–Kier alpha value is -1.62. The van der Waals surface area contributed by atoms with E-state index in [-0.39, 0.29) is 11.8 Å². The summed E-state index contributed by atoms with van der Waals surface area (Å²) in [5.41, 5.74) is 4.37. The second-order valence-electron chi connectivity index (χ2n) is 6.40. The van der Waals surface area contributed by atoms with Crippen molar-refractivity contribution in [3.63, 3.8) is 0 Å². The van der Waals surface area contributed by atoms with Gasteiger partial charge in [0.05, 0.1) is 0 Å². The number of aromatic nitrogens is 1. The number of hydrogen-bond acceptors (Lipinski definition) is 4. The lowest BCUT2D eigenvalue weighted by atomic mass is 10.0. The van der Waals surface area contributed by atoms with Crippen molar-refractivity contribution in [2.45, 2.75) is 52.4 Å². The number of hydrazine groups is 1. The fraction of sp³-hybridized carbons (Fsp3) is 0.625. The third-order valence-corrected chi connectivity index (χ3v) is 4.21. The molecule has 2 rings (SSSR count). The third-order valence-electron chi connectivity index (χ3n) is 4.21. The molecule has 0 unspecified atom stereocenters. The minimum absolute atomic E-state index is 0.0434. The van der Waals surface area contributed by atoms with E-state index in [4.69, 9.17) is 5.84 Å². The molecule has 1 saturated carbocycles. The second kappa shape index (κ2) is 6.43. The molecular formula is C16H26N4O. The standard InChI is InChI=1S/C16H26N4O/c1-4-5-16(6-7-16)10-18-15(21)12-8-13(11(2)3)19-14(9-12)20-17/h8-9,11H,4-7,10,17H2,1-3H3,(H,18,21)(H,19,20). The molecule has 1 heterocycles. The van der Waals surface area contributed by atoms with Crippen LogP contribution in [0.1, 0.15) is 68.4 Å². The van der Waals surface area contributed by atoms with Gasteiger partial charge in [0.2, 0.25) is 0 Å². The molecule has 1 amide bonds. The maximum Gasteiger partial charge on any atom is 0.251 e. The maximum atomic E-state index is 12.4. The van der Waals surface area contributed by atoms with Crippen LogP contribution in [0.25, 0.3) is 0 Å². The first-order valence-electron chi connectivity index (χ1n) is 7.76. The van der Waals surface area contributed by atoms with Crippen LogP contribution in [0.15, 0.2) is 12.1 Å². The second-order valence-corrected chi connectivity index (χ2v) is 6.40. The van der Waals surface area contributed by atoms with Crippen LogP contribution in [0.2, 0.25) is 0 Å². The van der Waals surface area contributed by atoms with Crippen molar-refractivity contribution in [3.05, 3.63) is 23.4 Å². The van der Waals surface area contributed by atoms with Gasteiger partial charge in [-0.05, 0) is 42.7 Å². The van der Waals surface area contributed by atoms with Gasteiger partial charge in [0.1, 0.15) is 5.82 Å². The lowest BCUT2D eigenvalue weighted by Gasteiger charge is -2.16. The molecule has 0 spiro atoms. The molecular weight excluding hydrogens is 264 g/mol. The third kappa shape index (κ3) is 3.94. The number of hydrogen-bond donors (Lipinski definition) is 3. The molecule has 0 saturated heterocycles. The van der Waals surface area contributed by atoms with Gasteiger partial charge in [0.15, 0.2) is 0 Å². The highest BCUT2D eigenvalue weighted by Gasteiger charge is 2.41. The van der Waals surface area contributed by atoms with E-state index < -0.39 is 0 Å². The number of carbonyl (C=O) groups is 1. The summed E-state index contributed by atoms with van der Waals surface area (Å²) in [7, 11) is 0.